The molecule has 1 aliphatic heterocycles. The molecule has 1 aromatic rings. The van der Waals surface area contributed by atoms with Crippen LogP contribution in [-0.4, -0.2) is 11.9 Å². The second-order valence-corrected chi connectivity index (χ2v) is 3.14. The molecule has 1 aromatic carbocycles. The SMILES string of the molecule is CN1C=Cc2ccccc2C1C#N. The lowest BCUT2D eigenvalue weighted by atomic mass is 9.98. The van der Waals surface area contributed by atoms with Gasteiger partial charge in [0.2, 0.25) is 0 Å². The van der Waals surface area contributed by atoms with E-state index < -0.39 is 0 Å². The lowest BCUT2D eigenvalue weighted by Gasteiger charge is -2.26. The Morgan fingerprint density at radius 2 is 2.15 bits per heavy atom. The van der Waals surface area contributed by atoms with Crippen molar-refractivity contribution in [3.05, 3.63) is 41.6 Å². The smallest absolute Gasteiger partial charge is 0.142 e. The summed E-state index contributed by atoms with van der Waals surface area (Å²) in [5.74, 6) is 0. The second kappa shape index (κ2) is 2.95. The molecular weight excluding hydrogens is 160 g/mol. The molecule has 0 saturated carbocycles. The van der Waals surface area contributed by atoms with Crippen LogP contribution in [0.2, 0.25) is 0 Å². The Hall–Kier alpha value is -1.75. The van der Waals surface area contributed by atoms with Gasteiger partial charge in [0.25, 0.3) is 0 Å². The molecule has 0 aliphatic carbocycles. The molecule has 1 aliphatic rings. The van der Waals surface area contributed by atoms with Gasteiger partial charge in [0.1, 0.15) is 6.04 Å². The van der Waals surface area contributed by atoms with Crippen LogP contribution in [0.5, 0.6) is 0 Å². The Balaban J connectivity index is 2.55. The van der Waals surface area contributed by atoms with Crippen molar-refractivity contribution in [2.75, 3.05) is 7.05 Å². The molecule has 0 saturated heterocycles. The lowest BCUT2D eigenvalue weighted by Crippen LogP contribution is -2.20. The first-order chi connectivity index (χ1) is 6.33. The number of nitriles is 1. The van der Waals surface area contributed by atoms with E-state index in [2.05, 4.69) is 6.07 Å². The molecule has 0 bridgehead atoms. The van der Waals surface area contributed by atoms with Crippen molar-refractivity contribution in [1.82, 2.24) is 4.90 Å². The third kappa shape index (κ3) is 1.19. The zero-order valence-corrected chi connectivity index (χ0v) is 7.44. The maximum absolute atomic E-state index is 8.98. The van der Waals surface area contributed by atoms with Gasteiger partial charge in [-0.15, -0.1) is 0 Å². The van der Waals surface area contributed by atoms with Gasteiger partial charge >= 0.3 is 0 Å². The van der Waals surface area contributed by atoms with Crippen LogP contribution < -0.4 is 0 Å². The Bertz CT molecular complexity index is 387. The summed E-state index contributed by atoms with van der Waals surface area (Å²) in [6.45, 7) is 0. The van der Waals surface area contributed by atoms with Crippen LogP contribution in [0.4, 0.5) is 0 Å². The van der Waals surface area contributed by atoms with E-state index >= 15 is 0 Å². The molecule has 1 unspecified atom stereocenters. The molecule has 0 aromatic heterocycles. The maximum atomic E-state index is 8.98. The van der Waals surface area contributed by atoms with Crippen LogP contribution in [-0.2, 0) is 0 Å². The summed E-state index contributed by atoms with van der Waals surface area (Å²) < 4.78 is 0. The van der Waals surface area contributed by atoms with Crippen LogP contribution in [0, 0.1) is 11.3 Å². The minimum absolute atomic E-state index is 0.138. The molecule has 0 spiro atoms. The average molecular weight is 170 g/mol. The molecule has 1 heterocycles. The topological polar surface area (TPSA) is 27.0 Å². The van der Waals surface area contributed by atoms with Crippen molar-refractivity contribution in [2.45, 2.75) is 6.04 Å². The fourth-order valence-electron chi connectivity index (χ4n) is 1.58. The summed E-state index contributed by atoms with van der Waals surface area (Å²) in [7, 11) is 1.92. The number of fused-ring (bicyclic) bond motifs is 1. The molecule has 2 nitrogen and oxygen atoms in total. The highest BCUT2D eigenvalue weighted by Gasteiger charge is 2.19. The summed E-state index contributed by atoms with van der Waals surface area (Å²) in [5.41, 5.74) is 2.24. The summed E-state index contributed by atoms with van der Waals surface area (Å²) in [6, 6.07) is 10.1. The van der Waals surface area contributed by atoms with E-state index in [1.54, 1.807) is 0 Å². The average Bonchev–Trinajstić information content (AvgIpc) is 2.18. The van der Waals surface area contributed by atoms with Gasteiger partial charge in [-0.3, -0.25) is 0 Å². The van der Waals surface area contributed by atoms with Gasteiger partial charge in [0, 0.05) is 13.2 Å². The number of benzene rings is 1. The van der Waals surface area contributed by atoms with Gasteiger partial charge < -0.3 is 4.90 Å². The highest BCUT2D eigenvalue weighted by atomic mass is 15.1. The Morgan fingerprint density at radius 1 is 1.38 bits per heavy atom. The highest BCUT2D eigenvalue weighted by Crippen LogP contribution is 2.27. The minimum atomic E-state index is -0.138. The van der Waals surface area contributed by atoms with Gasteiger partial charge in [-0.05, 0) is 17.2 Å². The number of rotatable bonds is 0. The first-order valence-electron chi connectivity index (χ1n) is 4.21. The highest BCUT2D eigenvalue weighted by molar-refractivity contribution is 5.58. The predicted molar refractivity (Wildman–Crippen MR) is 51.6 cm³/mol. The summed E-state index contributed by atoms with van der Waals surface area (Å²) in [6.07, 6.45) is 3.97. The second-order valence-electron chi connectivity index (χ2n) is 3.14. The molecule has 2 heteroatoms. The summed E-state index contributed by atoms with van der Waals surface area (Å²) in [4.78, 5) is 1.92. The molecule has 0 radical (unpaired) electrons. The maximum Gasteiger partial charge on any atom is 0.142 e. The van der Waals surface area contributed by atoms with Crippen LogP contribution in [0.25, 0.3) is 6.08 Å². The molecule has 64 valence electrons. The summed E-state index contributed by atoms with van der Waals surface area (Å²) in [5, 5.41) is 8.98. The monoisotopic (exact) mass is 170 g/mol. The van der Waals surface area contributed by atoms with E-state index in [1.807, 2.05) is 48.5 Å². The van der Waals surface area contributed by atoms with E-state index in [0.717, 1.165) is 11.1 Å². The quantitative estimate of drug-likeness (QED) is 0.596. The fourth-order valence-corrected chi connectivity index (χ4v) is 1.58. The Labute approximate surface area is 77.7 Å². The zero-order chi connectivity index (χ0) is 9.26. The van der Waals surface area contributed by atoms with Crippen molar-refractivity contribution >= 4 is 6.08 Å². The molecule has 0 N–H and O–H groups in total. The fraction of sp³-hybridized carbons (Fsp3) is 0.182. The molecule has 2 rings (SSSR count). The molecule has 13 heavy (non-hydrogen) atoms. The van der Waals surface area contributed by atoms with Crippen molar-refractivity contribution in [2.24, 2.45) is 0 Å². The summed E-state index contributed by atoms with van der Waals surface area (Å²) >= 11 is 0. The van der Waals surface area contributed by atoms with E-state index in [-0.39, 0.29) is 6.04 Å². The minimum Gasteiger partial charge on any atom is -0.361 e. The van der Waals surface area contributed by atoms with Crippen LogP contribution in [0.15, 0.2) is 30.5 Å². The van der Waals surface area contributed by atoms with Gasteiger partial charge in [-0.25, -0.2) is 0 Å². The van der Waals surface area contributed by atoms with Gasteiger partial charge in [-0.2, -0.15) is 5.26 Å². The van der Waals surface area contributed by atoms with E-state index in [1.165, 1.54) is 0 Å². The van der Waals surface area contributed by atoms with E-state index in [4.69, 9.17) is 5.26 Å². The van der Waals surface area contributed by atoms with E-state index in [0.29, 0.717) is 0 Å². The standard InChI is InChI=1S/C11H10N2/c1-13-7-6-9-4-2-3-5-10(9)11(13)8-12/h2-7,11H,1H3. The van der Waals surface area contributed by atoms with Crippen molar-refractivity contribution in [1.29, 1.82) is 5.26 Å². The number of hydrogen-bond acceptors (Lipinski definition) is 2. The molecule has 1 atom stereocenters. The molecule has 0 fully saturated rings. The number of hydrogen-bond donors (Lipinski definition) is 0. The molecule has 0 amide bonds. The predicted octanol–water partition coefficient (Wildman–Crippen LogP) is 2.17. The van der Waals surface area contributed by atoms with Gasteiger partial charge in [-0.1, -0.05) is 24.3 Å². The van der Waals surface area contributed by atoms with Gasteiger partial charge in [0.05, 0.1) is 6.07 Å². The van der Waals surface area contributed by atoms with Crippen LogP contribution in [0.1, 0.15) is 17.2 Å². The lowest BCUT2D eigenvalue weighted by molar-refractivity contribution is 0.399. The van der Waals surface area contributed by atoms with Gasteiger partial charge in [0.15, 0.2) is 0 Å². The Kier molecular flexibility index (Phi) is 1.79. The third-order valence-electron chi connectivity index (χ3n) is 2.31. The van der Waals surface area contributed by atoms with Crippen molar-refractivity contribution in [3.63, 3.8) is 0 Å². The van der Waals surface area contributed by atoms with Crippen LogP contribution in [0.3, 0.4) is 0 Å². The zero-order valence-electron chi connectivity index (χ0n) is 7.44. The van der Waals surface area contributed by atoms with Crippen molar-refractivity contribution < 1.29 is 0 Å². The normalized spacial score (nSPS) is 19.4. The van der Waals surface area contributed by atoms with Crippen molar-refractivity contribution in [3.8, 4) is 6.07 Å². The Morgan fingerprint density at radius 3 is 2.92 bits per heavy atom. The first kappa shape index (κ1) is 7.88. The van der Waals surface area contributed by atoms with E-state index in [9.17, 15) is 0 Å². The number of nitrogens with zero attached hydrogens (tertiary/aromatic N) is 2. The molecular formula is C11H10N2. The third-order valence-corrected chi connectivity index (χ3v) is 2.31. The largest absolute Gasteiger partial charge is 0.361 e. The van der Waals surface area contributed by atoms with Crippen LogP contribution >= 0.6 is 0 Å². The first-order valence-corrected chi connectivity index (χ1v) is 4.21.